The SMILES string of the molecule is C/C=C1\C(OC2OC(CO)C(O)C(O)C2O)OC=C(C(=O)OC)C1CC(=O)OCC(C)C1CC2OC(=O)C3=COC(OC4OC(CO)C(O)C(O)C4O)/C(=C\C)C3CC(=O)OCC1C2C. The number of aliphatic hydroxyl groups excluding tert-OH is 8. The van der Waals surface area contributed by atoms with Gasteiger partial charge in [-0.1, -0.05) is 26.0 Å². The van der Waals surface area contributed by atoms with Crippen molar-refractivity contribution >= 4 is 23.9 Å². The number of hydrogen-bond acceptors (Lipinski definition) is 22. The van der Waals surface area contributed by atoms with Gasteiger partial charge in [-0.2, -0.15) is 0 Å². The lowest BCUT2D eigenvalue weighted by Crippen LogP contribution is -2.60. The van der Waals surface area contributed by atoms with Gasteiger partial charge in [0.05, 0.1) is 70.0 Å². The van der Waals surface area contributed by atoms with Crippen LogP contribution in [0.4, 0.5) is 0 Å². The lowest BCUT2D eigenvalue weighted by Gasteiger charge is -2.42. The van der Waals surface area contributed by atoms with Crippen LogP contribution < -0.4 is 0 Å². The molecule has 19 unspecified atom stereocenters. The first-order chi connectivity index (χ1) is 31.0. The molecule has 19 atom stereocenters. The van der Waals surface area contributed by atoms with E-state index in [2.05, 4.69) is 0 Å². The third-order valence-corrected chi connectivity index (χ3v) is 13.3. The maximum Gasteiger partial charge on any atom is 0.338 e. The zero-order valence-corrected chi connectivity index (χ0v) is 36.5. The largest absolute Gasteiger partial charge is 0.468 e. The highest BCUT2D eigenvalue weighted by atomic mass is 16.8. The predicted molar refractivity (Wildman–Crippen MR) is 213 cm³/mol. The molecule has 3 saturated heterocycles. The Hall–Kier alpha value is -4.04. The van der Waals surface area contributed by atoms with Gasteiger partial charge in [0.1, 0.15) is 54.9 Å². The first-order valence-corrected chi connectivity index (χ1v) is 21.5. The summed E-state index contributed by atoms with van der Waals surface area (Å²) in [6.45, 7) is 5.37. The number of allylic oxidation sites excluding steroid dienone is 2. The summed E-state index contributed by atoms with van der Waals surface area (Å²) < 4.78 is 56.6. The Morgan fingerprint density at radius 2 is 1.40 bits per heavy atom. The maximum absolute atomic E-state index is 13.9. The standard InChI is InChI=1S/C43H60O22/c1-6-19-22(25(38(54)56-5)15-59-40(19)64-42-36(52)34(50)32(48)28(11-44)62-42)9-30(46)57-13-17(3)21-8-27-18(4)24(21)14-58-31(47)10-23-20(7-2)41(60-16-26(23)39(55)61-27)65-43-37(53)35(51)33(49)29(12-45)63-43/h6-7,15-18,21-24,27-29,32-37,40-45,48-53H,8-14H2,1-5H3/b19-6-,20-7-. The monoisotopic (exact) mass is 928 g/mol. The Balaban J connectivity index is 1.11. The third kappa shape index (κ3) is 10.6. The Kier molecular flexibility index (Phi) is 16.8. The number of ether oxygens (including phenoxy) is 10. The Bertz CT molecular complexity index is 1840. The second-order valence-corrected chi connectivity index (χ2v) is 17.0. The van der Waals surface area contributed by atoms with Gasteiger partial charge in [0.25, 0.3) is 0 Å². The minimum atomic E-state index is -1.76. The summed E-state index contributed by atoms with van der Waals surface area (Å²) in [6.07, 6.45) is -14.4. The van der Waals surface area contributed by atoms with E-state index in [1.54, 1.807) is 19.9 Å². The molecule has 1 aliphatic carbocycles. The number of methoxy groups -OCH3 is 1. The normalized spacial score (nSPS) is 41.6. The van der Waals surface area contributed by atoms with E-state index in [0.717, 1.165) is 19.6 Å². The number of carbonyl (C=O) groups excluding carboxylic acids is 4. The zero-order chi connectivity index (χ0) is 47.4. The first-order valence-electron chi connectivity index (χ1n) is 21.5. The van der Waals surface area contributed by atoms with Crippen LogP contribution in [0.25, 0.3) is 0 Å². The van der Waals surface area contributed by atoms with Crippen LogP contribution >= 0.6 is 0 Å². The number of esters is 4. The van der Waals surface area contributed by atoms with E-state index in [9.17, 15) is 60.0 Å². The number of hydrogen-bond donors (Lipinski definition) is 8. The third-order valence-electron chi connectivity index (χ3n) is 13.3. The molecular formula is C43H60O22. The van der Waals surface area contributed by atoms with Gasteiger partial charge >= 0.3 is 23.9 Å². The molecule has 1 saturated carbocycles. The number of cyclic esters (lactones) is 1. The summed E-state index contributed by atoms with van der Waals surface area (Å²) in [7, 11) is 1.15. The minimum absolute atomic E-state index is 0.00501. The van der Waals surface area contributed by atoms with Crippen LogP contribution in [-0.4, -0.2) is 178 Å². The van der Waals surface area contributed by atoms with Crippen LogP contribution in [0.5, 0.6) is 0 Å². The summed E-state index contributed by atoms with van der Waals surface area (Å²) in [4.78, 5) is 53.9. The molecule has 0 amide bonds. The van der Waals surface area contributed by atoms with Gasteiger partial charge in [-0.25, -0.2) is 9.59 Å². The highest BCUT2D eigenvalue weighted by Gasteiger charge is 2.51. The van der Waals surface area contributed by atoms with Crippen molar-refractivity contribution in [3.8, 4) is 0 Å². The topological polar surface area (TPSA) is 322 Å². The second-order valence-electron chi connectivity index (χ2n) is 17.0. The van der Waals surface area contributed by atoms with Crippen LogP contribution in [0.1, 0.15) is 47.0 Å². The average molecular weight is 929 g/mol. The summed E-state index contributed by atoms with van der Waals surface area (Å²) in [6, 6.07) is 0. The van der Waals surface area contributed by atoms with Crippen LogP contribution in [0, 0.1) is 35.5 Å². The molecule has 0 aromatic carbocycles. The Morgan fingerprint density at radius 1 is 0.831 bits per heavy atom. The second kappa shape index (κ2) is 21.7. The van der Waals surface area contributed by atoms with Gasteiger partial charge in [0.15, 0.2) is 12.6 Å². The van der Waals surface area contributed by atoms with Crippen molar-refractivity contribution in [2.45, 2.75) is 127 Å². The molecule has 364 valence electrons. The quantitative estimate of drug-likeness (QED) is 0.0602. The Labute approximate surface area is 373 Å². The molecule has 65 heavy (non-hydrogen) atoms. The highest BCUT2D eigenvalue weighted by molar-refractivity contribution is 5.91. The molecule has 5 aliphatic heterocycles. The zero-order valence-electron chi connectivity index (χ0n) is 36.5. The molecule has 0 spiro atoms. The number of rotatable bonds is 12. The number of carbonyl (C=O) groups is 4. The van der Waals surface area contributed by atoms with Gasteiger partial charge in [0, 0.05) is 28.9 Å². The smallest absolute Gasteiger partial charge is 0.338 e. The maximum atomic E-state index is 13.9. The lowest BCUT2D eigenvalue weighted by atomic mass is 9.83. The molecule has 22 nitrogen and oxygen atoms in total. The summed E-state index contributed by atoms with van der Waals surface area (Å²) in [5.41, 5.74) is 0.476. The van der Waals surface area contributed by atoms with Crippen molar-refractivity contribution in [1.82, 2.24) is 0 Å². The predicted octanol–water partition coefficient (Wildman–Crippen LogP) is -1.90. The molecule has 6 aliphatic rings. The minimum Gasteiger partial charge on any atom is -0.468 e. The van der Waals surface area contributed by atoms with E-state index in [1.165, 1.54) is 6.08 Å². The van der Waals surface area contributed by atoms with Crippen molar-refractivity contribution in [1.29, 1.82) is 0 Å². The van der Waals surface area contributed by atoms with Gasteiger partial charge in [-0.3, -0.25) is 9.59 Å². The van der Waals surface area contributed by atoms with E-state index >= 15 is 0 Å². The van der Waals surface area contributed by atoms with Gasteiger partial charge in [-0.05, 0) is 38.0 Å². The fraction of sp³-hybridized carbons (Fsp3) is 0.721. The van der Waals surface area contributed by atoms with Crippen molar-refractivity contribution in [2.75, 3.05) is 33.5 Å². The first kappa shape index (κ1) is 50.4. The van der Waals surface area contributed by atoms with Crippen LogP contribution in [0.2, 0.25) is 0 Å². The van der Waals surface area contributed by atoms with Gasteiger partial charge in [-0.15, -0.1) is 0 Å². The van der Waals surface area contributed by atoms with Crippen molar-refractivity contribution < 1.29 is 107 Å². The van der Waals surface area contributed by atoms with E-state index in [1.807, 2.05) is 13.8 Å². The molecular weight excluding hydrogens is 868 g/mol. The molecule has 6 rings (SSSR count). The van der Waals surface area contributed by atoms with Crippen LogP contribution in [0.15, 0.2) is 47.0 Å². The summed E-state index contributed by atoms with van der Waals surface area (Å²) >= 11 is 0. The van der Waals surface area contributed by atoms with E-state index in [0.29, 0.717) is 6.42 Å². The van der Waals surface area contributed by atoms with Crippen LogP contribution in [-0.2, 0) is 66.5 Å². The summed E-state index contributed by atoms with van der Waals surface area (Å²) in [5.74, 6) is -6.18. The molecule has 0 aromatic rings. The fourth-order valence-corrected chi connectivity index (χ4v) is 9.33. The van der Waals surface area contributed by atoms with E-state index < -0.39 is 135 Å². The molecule has 2 bridgehead atoms. The lowest BCUT2D eigenvalue weighted by molar-refractivity contribution is -0.327. The van der Waals surface area contributed by atoms with Gasteiger partial charge in [0.2, 0.25) is 12.6 Å². The molecule has 22 heteroatoms. The van der Waals surface area contributed by atoms with Crippen LogP contribution in [0.3, 0.4) is 0 Å². The van der Waals surface area contributed by atoms with Gasteiger partial charge < -0.3 is 88.2 Å². The molecule has 0 aromatic heterocycles. The highest BCUT2D eigenvalue weighted by Crippen LogP contribution is 2.46. The molecule has 8 N–H and O–H groups in total. The number of aliphatic hydroxyl groups is 8. The fourth-order valence-electron chi connectivity index (χ4n) is 9.33. The van der Waals surface area contributed by atoms with Crippen molar-refractivity contribution in [2.24, 2.45) is 35.5 Å². The van der Waals surface area contributed by atoms with Crippen molar-refractivity contribution in [3.63, 3.8) is 0 Å². The molecule has 4 fully saturated rings. The number of fused-ring (bicyclic) bond motifs is 3. The molecule has 5 heterocycles. The Morgan fingerprint density at radius 3 is 1.95 bits per heavy atom. The van der Waals surface area contributed by atoms with Crippen molar-refractivity contribution in [3.05, 3.63) is 47.0 Å². The van der Waals surface area contributed by atoms with E-state index in [-0.39, 0.29) is 65.6 Å². The van der Waals surface area contributed by atoms with E-state index in [4.69, 9.17) is 47.4 Å². The summed E-state index contributed by atoms with van der Waals surface area (Å²) in [5, 5.41) is 81.3. The molecule has 0 radical (unpaired) electrons. The average Bonchev–Trinajstić information content (AvgIpc) is 3.60.